The van der Waals surface area contributed by atoms with Gasteiger partial charge in [-0.2, -0.15) is 0 Å². The molecule has 0 saturated carbocycles. The van der Waals surface area contributed by atoms with Crippen LogP contribution in [0.15, 0.2) is 16.9 Å². The van der Waals surface area contributed by atoms with Crippen molar-refractivity contribution in [1.29, 1.82) is 0 Å². The van der Waals surface area contributed by atoms with Gasteiger partial charge in [-0.05, 0) is 61.6 Å². The molecule has 1 aromatic carbocycles. The minimum Gasteiger partial charge on any atom is -0.460 e. The summed E-state index contributed by atoms with van der Waals surface area (Å²) < 4.78 is 22.0. The second kappa shape index (κ2) is 7.96. The number of rotatable bonds is 4. The smallest absolute Gasteiger partial charge is 0.313 e. The first-order valence-electron chi connectivity index (χ1n) is 12.2. The predicted molar refractivity (Wildman–Crippen MR) is 129 cm³/mol. The third kappa shape index (κ3) is 3.06. The number of ether oxygens (including phenoxy) is 1. The number of esters is 1. The average Bonchev–Trinajstić information content (AvgIpc) is 3.21. The SMILES string of the molecule is CCC1C(=O)OCc2c1cc1n(c2=O)Cc2c-1nc1cc(F)c(C)c3c1c2C(N(C)CCO)CC3. The van der Waals surface area contributed by atoms with Crippen LogP contribution in [0.25, 0.3) is 22.3 Å². The second-order valence-electron chi connectivity index (χ2n) is 9.89. The lowest BCUT2D eigenvalue weighted by atomic mass is 9.81. The van der Waals surface area contributed by atoms with Gasteiger partial charge >= 0.3 is 5.97 Å². The minimum atomic E-state index is -0.477. The van der Waals surface area contributed by atoms with Crippen LogP contribution in [0, 0.1) is 12.7 Å². The lowest BCUT2D eigenvalue weighted by Gasteiger charge is -2.35. The quantitative estimate of drug-likeness (QED) is 0.454. The number of halogens is 1. The van der Waals surface area contributed by atoms with Gasteiger partial charge in [0.1, 0.15) is 12.4 Å². The Balaban J connectivity index is 1.66. The zero-order valence-corrected chi connectivity index (χ0v) is 20.2. The molecule has 4 heterocycles. The Hall–Kier alpha value is -3.10. The molecule has 0 radical (unpaired) electrons. The zero-order chi connectivity index (χ0) is 24.6. The van der Waals surface area contributed by atoms with Crippen molar-refractivity contribution in [2.75, 3.05) is 20.2 Å². The fourth-order valence-corrected chi connectivity index (χ4v) is 6.31. The van der Waals surface area contributed by atoms with Crippen LogP contribution in [-0.2, 0) is 29.1 Å². The van der Waals surface area contributed by atoms with Crippen molar-refractivity contribution in [3.05, 3.63) is 61.7 Å². The van der Waals surface area contributed by atoms with Crippen molar-refractivity contribution in [1.82, 2.24) is 14.5 Å². The van der Waals surface area contributed by atoms with E-state index in [-0.39, 0.29) is 36.6 Å². The number of fused-ring (bicyclic) bond motifs is 5. The maximum absolute atomic E-state index is 14.9. The van der Waals surface area contributed by atoms with Gasteiger partial charge in [0.05, 0.1) is 41.5 Å². The normalized spacial score (nSPS) is 20.1. The molecule has 1 aliphatic carbocycles. The fraction of sp³-hybridized carbons (Fsp3) is 0.444. The molecule has 35 heavy (non-hydrogen) atoms. The van der Waals surface area contributed by atoms with Gasteiger partial charge in [0.25, 0.3) is 5.56 Å². The summed E-state index contributed by atoms with van der Waals surface area (Å²) in [6, 6.07) is 3.44. The molecule has 2 atom stereocenters. The molecule has 182 valence electrons. The molecule has 7 nitrogen and oxygen atoms in total. The van der Waals surface area contributed by atoms with Crippen LogP contribution < -0.4 is 5.56 Å². The maximum atomic E-state index is 14.9. The van der Waals surface area contributed by atoms with Crippen LogP contribution >= 0.6 is 0 Å². The van der Waals surface area contributed by atoms with Gasteiger partial charge in [0, 0.05) is 29.6 Å². The Morgan fingerprint density at radius 1 is 1.26 bits per heavy atom. The van der Waals surface area contributed by atoms with Gasteiger partial charge < -0.3 is 14.4 Å². The van der Waals surface area contributed by atoms with Crippen molar-refractivity contribution >= 4 is 16.9 Å². The second-order valence-corrected chi connectivity index (χ2v) is 9.89. The van der Waals surface area contributed by atoms with E-state index in [1.165, 1.54) is 6.07 Å². The van der Waals surface area contributed by atoms with E-state index in [2.05, 4.69) is 4.90 Å². The van der Waals surface area contributed by atoms with E-state index in [4.69, 9.17) is 9.72 Å². The monoisotopic (exact) mass is 477 g/mol. The lowest BCUT2D eigenvalue weighted by molar-refractivity contribution is -0.148. The first kappa shape index (κ1) is 22.4. The number of likely N-dealkylation sites (N-methyl/N-ethyl adjacent to an activating group) is 1. The zero-order valence-electron chi connectivity index (χ0n) is 20.2. The van der Waals surface area contributed by atoms with Crippen LogP contribution in [0.2, 0.25) is 0 Å². The van der Waals surface area contributed by atoms with Crippen LogP contribution in [0.3, 0.4) is 0 Å². The van der Waals surface area contributed by atoms with Gasteiger partial charge in [0.15, 0.2) is 0 Å². The fourth-order valence-electron chi connectivity index (χ4n) is 6.31. The lowest BCUT2D eigenvalue weighted by Crippen LogP contribution is -2.32. The van der Waals surface area contributed by atoms with Crippen molar-refractivity contribution in [2.45, 2.75) is 58.2 Å². The third-order valence-corrected chi connectivity index (χ3v) is 8.15. The highest BCUT2D eigenvalue weighted by molar-refractivity contribution is 5.93. The van der Waals surface area contributed by atoms with E-state index < -0.39 is 5.92 Å². The summed E-state index contributed by atoms with van der Waals surface area (Å²) in [5, 5.41) is 10.6. The number of aliphatic hydroxyl groups excluding tert-OH is 1. The van der Waals surface area contributed by atoms with E-state index in [1.807, 2.05) is 27.0 Å². The molecule has 0 amide bonds. The largest absolute Gasteiger partial charge is 0.460 e. The molecule has 8 heteroatoms. The molecule has 0 fully saturated rings. The summed E-state index contributed by atoms with van der Waals surface area (Å²) in [6.45, 7) is 4.63. The molecule has 3 aliphatic rings. The van der Waals surface area contributed by atoms with Crippen LogP contribution in [0.4, 0.5) is 4.39 Å². The Labute approximate surface area is 202 Å². The summed E-state index contributed by atoms with van der Waals surface area (Å²) in [6.07, 6.45) is 2.06. The van der Waals surface area contributed by atoms with E-state index in [0.29, 0.717) is 53.1 Å². The Kier molecular flexibility index (Phi) is 5.09. The molecule has 1 N–H and O–H groups in total. The number of aromatic nitrogens is 2. The highest BCUT2D eigenvalue weighted by atomic mass is 19.1. The number of hydrogen-bond donors (Lipinski definition) is 1. The third-order valence-electron chi connectivity index (χ3n) is 8.15. The first-order valence-corrected chi connectivity index (χ1v) is 12.2. The molecule has 6 rings (SSSR count). The average molecular weight is 478 g/mol. The number of nitrogens with zero attached hydrogens (tertiary/aromatic N) is 3. The number of hydrogen-bond acceptors (Lipinski definition) is 6. The van der Waals surface area contributed by atoms with Gasteiger partial charge in [-0.15, -0.1) is 0 Å². The Morgan fingerprint density at radius 2 is 2.06 bits per heavy atom. The summed E-state index contributed by atoms with van der Waals surface area (Å²) in [5.74, 6) is -1.06. The number of aryl methyl sites for hydroxylation is 1. The highest BCUT2D eigenvalue weighted by Gasteiger charge is 2.38. The van der Waals surface area contributed by atoms with E-state index in [9.17, 15) is 19.1 Å². The number of aliphatic hydroxyl groups is 1. The van der Waals surface area contributed by atoms with Crippen LogP contribution in [-0.4, -0.2) is 45.7 Å². The topological polar surface area (TPSA) is 84.7 Å². The van der Waals surface area contributed by atoms with Crippen molar-refractivity contribution in [3.8, 4) is 11.4 Å². The molecule has 2 aromatic heterocycles. The summed E-state index contributed by atoms with van der Waals surface area (Å²) in [4.78, 5) is 33.0. The summed E-state index contributed by atoms with van der Waals surface area (Å²) in [5.41, 5.74) is 6.70. The van der Waals surface area contributed by atoms with Gasteiger partial charge in [0.2, 0.25) is 0 Å². The van der Waals surface area contributed by atoms with Crippen molar-refractivity contribution in [3.63, 3.8) is 0 Å². The molecule has 0 bridgehead atoms. The highest BCUT2D eigenvalue weighted by Crippen LogP contribution is 2.46. The maximum Gasteiger partial charge on any atom is 0.313 e. The van der Waals surface area contributed by atoms with Gasteiger partial charge in [-0.1, -0.05) is 6.92 Å². The number of cyclic esters (lactones) is 1. The molecule has 0 spiro atoms. The van der Waals surface area contributed by atoms with Crippen LogP contribution in [0.5, 0.6) is 0 Å². The van der Waals surface area contributed by atoms with Gasteiger partial charge in [-0.3, -0.25) is 14.5 Å². The molecule has 2 unspecified atom stereocenters. The number of carbonyl (C=O) groups is 1. The van der Waals surface area contributed by atoms with Crippen molar-refractivity contribution < 1.29 is 19.0 Å². The number of carbonyl (C=O) groups excluding carboxylic acids is 1. The summed E-state index contributed by atoms with van der Waals surface area (Å²) in [7, 11) is 1.99. The van der Waals surface area contributed by atoms with E-state index in [0.717, 1.165) is 34.9 Å². The minimum absolute atomic E-state index is 0.0151. The number of pyridine rings is 2. The molecule has 2 aliphatic heterocycles. The van der Waals surface area contributed by atoms with Gasteiger partial charge in [-0.25, -0.2) is 9.37 Å². The van der Waals surface area contributed by atoms with E-state index >= 15 is 0 Å². The van der Waals surface area contributed by atoms with Crippen molar-refractivity contribution in [2.24, 2.45) is 0 Å². The summed E-state index contributed by atoms with van der Waals surface area (Å²) >= 11 is 0. The molecule has 0 saturated heterocycles. The Morgan fingerprint density at radius 3 is 2.80 bits per heavy atom. The predicted octanol–water partition coefficient (Wildman–Crippen LogP) is 3.33. The molecule has 3 aromatic rings. The first-order chi connectivity index (χ1) is 16.8. The Bertz CT molecular complexity index is 1480. The standard InChI is InChI=1S/C27H28FN3O4/c1-4-14-16-9-22-25-17(11-31(22)26(33)18(16)12-35-27(14)34)24-21(30(3)7-8-32)6-5-15-13(2)19(28)10-20(29-25)23(15)24/h9-10,14,21,32H,4-8,11-12H2,1-3H3. The number of benzene rings is 1. The molecular formula is C27H28FN3O4. The molecular weight excluding hydrogens is 449 g/mol. The van der Waals surface area contributed by atoms with E-state index in [1.54, 1.807) is 4.57 Å². The van der Waals surface area contributed by atoms with Crippen LogP contribution in [0.1, 0.15) is 65.1 Å².